The van der Waals surface area contributed by atoms with Gasteiger partial charge in [0, 0.05) is 13.0 Å². The maximum Gasteiger partial charge on any atom is 0.240 e. The number of carbonyl (C=O) groups excluding carboxylic acids is 5. The number of amides is 1. The number of nitrogens with zero attached hydrogens (tertiary/aromatic N) is 1. The Labute approximate surface area is 292 Å². The Kier molecular flexibility index (Phi) is 14.7. The summed E-state index contributed by atoms with van der Waals surface area (Å²) in [6, 6.07) is 6.82. The average Bonchev–Trinajstić information content (AvgIpc) is 3.62. The van der Waals surface area contributed by atoms with E-state index in [2.05, 4.69) is 0 Å². The molecule has 1 aromatic rings. The van der Waals surface area contributed by atoms with Crippen molar-refractivity contribution >= 4 is 29.5 Å². The third kappa shape index (κ3) is 8.75. The number of aryl methyl sites for hydroxylation is 1. The lowest BCUT2D eigenvalue weighted by Gasteiger charge is -2.50. The number of ketones is 3. The number of hydrogen-bond acceptors (Lipinski definition) is 9. The van der Waals surface area contributed by atoms with Crippen LogP contribution in [0.15, 0.2) is 30.3 Å². The number of benzene rings is 1. The minimum absolute atomic E-state index is 0.0334. The summed E-state index contributed by atoms with van der Waals surface area (Å²) in [5, 5.41) is 0. The van der Waals surface area contributed by atoms with Gasteiger partial charge in [0.2, 0.25) is 5.91 Å². The van der Waals surface area contributed by atoms with E-state index in [-0.39, 0.29) is 18.2 Å². The van der Waals surface area contributed by atoms with Crippen LogP contribution in [0, 0.1) is 17.3 Å². The fourth-order valence-corrected chi connectivity index (χ4v) is 9.12. The molecule has 0 aromatic heterocycles. The Morgan fingerprint density at radius 1 is 0.837 bits per heavy atom. The molecule has 1 heterocycles. The highest BCUT2D eigenvalue weighted by molar-refractivity contribution is 6.22. The quantitative estimate of drug-likeness (QED) is 0.0953. The molecule has 0 bridgehead atoms. The van der Waals surface area contributed by atoms with E-state index < -0.39 is 52.3 Å². The van der Waals surface area contributed by atoms with Crippen molar-refractivity contribution in [2.45, 2.75) is 146 Å². The second-order valence-electron chi connectivity index (χ2n) is 15.0. The van der Waals surface area contributed by atoms with Crippen molar-refractivity contribution in [3.05, 3.63) is 35.9 Å². The van der Waals surface area contributed by atoms with Crippen molar-refractivity contribution in [3.8, 4) is 0 Å². The van der Waals surface area contributed by atoms with Crippen molar-refractivity contribution in [1.82, 2.24) is 4.90 Å². The molecule has 3 aliphatic rings. The first-order chi connectivity index (χ1) is 23.6. The molecule has 1 amide bonds. The SMILES string of the molecule is NCCCC[C@H](N)C(=O)N1CCC[C@H]1C(=O)C(C(=O)CCCc1ccccc1)(C1CCCCC1)[C@](N)(C=O)C(=O)[C@H](N)CC1CCCCC1. The van der Waals surface area contributed by atoms with E-state index in [4.69, 9.17) is 22.9 Å². The Bertz CT molecular complexity index is 1260. The fourth-order valence-electron chi connectivity index (χ4n) is 9.12. The summed E-state index contributed by atoms with van der Waals surface area (Å²) >= 11 is 0. The van der Waals surface area contributed by atoms with Gasteiger partial charge in [-0.25, -0.2) is 0 Å². The van der Waals surface area contributed by atoms with E-state index >= 15 is 9.59 Å². The van der Waals surface area contributed by atoms with Gasteiger partial charge in [-0.2, -0.15) is 0 Å². The Balaban J connectivity index is 1.77. The van der Waals surface area contributed by atoms with Crippen molar-refractivity contribution < 1.29 is 24.0 Å². The maximum atomic E-state index is 15.5. The van der Waals surface area contributed by atoms with Crippen LogP contribution < -0.4 is 22.9 Å². The molecule has 1 saturated heterocycles. The molecule has 0 spiro atoms. The van der Waals surface area contributed by atoms with Crippen LogP contribution in [0.5, 0.6) is 0 Å². The van der Waals surface area contributed by atoms with Gasteiger partial charge < -0.3 is 32.6 Å². The summed E-state index contributed by atoms with van der Waals surface area (Å²) in [5.41, 5.74) is 22.2. The highest BCUT2D eigenvalue weighted by Gasteiger charge is 2.68. The second-order valence-corrected chi connectivity index (χ2v) is 15.0. The average molecular weight is 680 g/mol. The van der Waals surface area contributed by atoms with Crippen molar-refractivity contribution in [2.75, 3.05) is 13.1 Å². The molecule has 3 fully saturated rings. The van der Waals surface area contributed by atoms with E-state index in [0.717, 1.165) is 63.4 Å². The number of likely N-dealkylation sites (tertiary alicyclic amines) is 1. The van der Waals surface area contributed by atoms with Crippen LogP contribution in [0.1, 0.15) is 121 Å². The molecule has 49 heavy (non-hydrogen) atoms. The lowest BCUT2D eigenvalue weighted by Crippen LogP contribution is -2.75. The first-order valence-corrected chi connectivity index (χ1v) is 19.0. The summed E-state index contributed by atoms with van der Waals surface area (Å²) < 4.78 is 0. The normalized spacial score (nSPS) is 22.9. The molecule has 1 aliphatic heterocycles. The van der Waals surface area contributed by atoms with Crippen LogP contribution in [-0.2, 0) is 30.4 Å². The Morgan fingerprint density at radius 2 is 1.49 bits per heavy atom. The van der Waals surface area contributed by atoms with Gasteiger partial charge in [-0.05, 0) is 81.7 Å². The van der Waals surface area contributed by atoms with Crippen LogP contribution in [0.4, 0.5) is 0 Å². The second kappa shape index (κ2) is 18.4. The molecule has 2 saturated carbocycles. The summed E-state index contributed by atoms with van der Waals surface area (Å²) in [6.07, 6.45) is 12.8. The standard InChI is InChI=1S/C39H61N5O5/c40-24-11-10-21-31(41)37(49)44-25-13-22-33(44)36(48)39(30-19-8-3-9-20-30,34(46)23-12-18-28-14-4-1-5-15-28)38(43,27-45)35(47)32(42)26-29-16-6-2-7-17-29/h1,4-5,14-15,27,29-33H,2-3,6-13,16-26,40-43H2/t31-,32+,33-,38-,39?/m0/s1. The van der Waals surface area contributed by atoms with Gasteiger partial charge in [0.15, 0.2) is 17.1 Å². The molecule has 10 heteroatoms. The number of unbranched alkanes of at least 4 members (excludes halogenated alkanes) is 1. The maximum absolute atomic E-state index is 15.5. The predicted octanol–water partition coefficient (Wildman–Crippen LogP) is 3.92. The van der Waals surface area contributed by atoms with Crippen LogP contribution in [0.2, 0.25) is 0 Å². The number of rotatable bonds is 19. The van der Waals surface area contributed by atoms with E-state index in [1.807, 2.05) is 30.3 Å². The van der Waals surface area contributed by atoms with Gasteiger partial charge in [-0.3, -0.25) is 19.2 Å². The van der Waals surface area contributed by atoms with Crippen LogP contribution in [0.25, 0.3) is 0 Å². The fraction of sp³-hybridized carbons (Fsp3) is 0.718. The van der Waals surface area contributed by atoms with Gasteiger partial charge in [-0.15, -0.1) is 0 Å². The monoisotopic (exact) mass is 679 g/mol. The summed E-state index contributed by atoms with van der Waals surface area (Å²) in [7, 11) is 0. The lowest BCUT2D eigenvalue weighted by atomic mass is 9.51. The molecule has 4 rings (SSSR count). The highest BCUT2D eigenvalue weighted by Crippen LogP contribution is 2.50. The molecule has 2 aliphatic carbocycles. The first kappa shape index (κ1) is 39.0. The van der Waals surface area contributed by atoms with Gasteiger partial charge in [0.25, 0.3) is 0 Å². The summed E-state index contributed by atoms with van der Waals surface area (Å²) in [4.78, 5) is 74.0. The van der Waals surface area contributed by atoms with Crippen molar-refractivity contribution in [3.63, 3.8) is 0 Å². The molecular weight excluding hydrogens is 618 g/mol. The van der Waals surface area contributed by atoms with E-state index in [9.17, 15) is 14.4 Å². The molecule has 5 atom stereocenters. The van der Waals surface area contributed by atoms with Crippen molar-refractivity contribution in [1.29, 1.82) is 0 Å². The molecule has 8 N–H and O–H groups in total. The molecule has 272 valence electrons. The smallest absolute Gasteiger partial charge is 0.240 e. The van der Waals surface area contributed by atoms with Gasteiger partial charge in [0.05, 0.1) is 18.1 Å². The van der Waals surface area contributed by atoms with Gasteiger partial charge >= 0.3 is 0 Å². The number of nitrogens with two attached hydrogens (primary N) is 4. The zero-order chi connectivity index (χ0) is 35.4. The predicted molar refractivity (Wildman–Crippen MR) is 191 cm³/mol. The Morgan fingerprint density at radius 3 is 2.12 bits per heavy atom. The summed E-state index contributed by atoms with van der Waals surface area (Å²) in [6.45, 7) is 0.791. The van der Waals surface area contributed by atoms with E-state index in [0.29, 0.717) is 77.2 Å². The van der Waals surface area contributed by atoms with Crippen LogP contribution in [-0.4, -0.2) is 71.2 Å². The molecule has 0 radical (unpaired) electrons. The lowest BCUT2D eigenvalue weighted by molar-refractivity contribution is -0.164. The summed E-state index contributed by atoms with van der Waals surface area (Å²) in [5.74, 6) is -2.59. The largest absolute Gasteiger partial charge is 0.331 e. The number of aldehydes is 1. The minimum atomic E-state index is -2.47. The van der Waals surface area contributed by atoms with Gasteiger partial charge in [0.1, 0.15) is 17.5 Å². The Hall–Kier alpha value is -2.79. The minimum Gasteiger partial charge on any atom is -0.331 e. The molecular formula is C39H61N5O5. The third-order valence-electron chi connectivity index (χ3n) is 11.8. The number of Topliss-reactive ketones (excluding diaryl/α,β-unsaturated/α-hetero) is 3. The number of hydrogen-bond donors (Lipinski definition) is 4. The molecule has 1 unspecified atom stereocenters. The number of carbonyl (C=O) groups is 5. The topological polar surface area (TPSA) is 193 Å². The zero-order valence-corrected chi connectivity index (χ0v) is 29.5. The van der Waals surface area contributed by atoms with Gasteiger partial charge in [-0.1, -0.05) is 88.1 Å². The first-order valence-electron chi connectivity index (χ1n) is 19.0. The third-order valence-corrected chi connectivity index (χ3v) is 11.8. The highest BCUT2D eigenvalue weighted by atomic mass is 16.2. The van der Waals surface area contributed by atoms with E-state index in [1.165, 1.54) is 4.90 Å². The molecule has 1 aromatic carbocycles. The molecule has 10 nitrogen and oxygen atoms in total. The van der Waals surface area contributed by atoms with Crippen molar-refractivity contribution in [2.24, 2.45) is 40.2 Å². The van der Waals surface area contributed by atoms with Crippen LogP contribution in [0.3, 0.4) is 0 Å². The van der Waals surface area contributed by atoms with Crippen LogP contribution >= 0.6 is 0 Å². The zero-order valence-electron chi connectivity index (χ0n) is 29.5. The van der Waals surface area contributed by atoms with E-state index in [1.54, 1.807) is 0 Å².